The maximum absolute atomic E-state index is 12.8. The summed E-state index contributed by atoms with van der Waals surface area (Å²) < 4.78 is 15.8. The number of carbonyl (C=O) groups is 1. The van der Waals surface area contributed by atoms with Crippen molar-refractivity contribution in [2.24, 2.45) is 5.41 Å². The second-order valence-electron chi connectivity index (χ2n) is 7.56. The van der Waals surface area contributed by atoms with Crippen LogP contribution in [-0.2, 0) is 16.0 Å². The monoisotopic (exact) mass is 373 g/mol. The van der Waals surface area contributed by atoms with Crippen LogP contribution in [0.5, 0.6) is 11.5 Å². The van der Waals surface area contributed by atoms with Gasteiger partial charge in [0.2, 0.25) is 5.91 Å². The smallest absolute Gasteiger partial charge is 0.340 e. The van der Waals surface area contributed by atoms with E-state index in [1.54, 1.807) is 13.0 Å². The Bertz CT molecular complexity index is 949. The second kappa shape index (κ2) is 6.56. The molecular formula is C20H23NO6. The SMILES string of the molecule is COc1cc2c(C)c(CC(=O)N3CCC4(CC3)COC4)c(=O)oc2cc1O. The maximum Gasteiger partial charge on any atom is 0.340 e. The summed E-state index contributed by atoms with van der Waals surface area (Å²) in [5, 5.41) is 10.5. The highest BCUT2D eigenvalue weighted by molar-refractivity contribution is 5.86. The second-order valence-corrected chi connectivity index (χ2v) is 7.56. The number of aromatic hydroxyl groups is 1. The van der Waals surface area contributed by atoms with Crippen LogP contribution in [0.4, 0.5) is 0 Å². The van der Waals surface area contributed by atoms with E-state index in [0.29, 0.717) is 35.4 Å². The Labute approximate surface area is 156 Å². The fraction of sp³-hybridized carbons (Fsp3) is 0.500. The molecule has 1 spiro atoms. The number of hydrogen-bond donors (Lipinski definition) is 1. The Morgan fingerprint density at radius 3 is 2.59 bits per heavy atom. The number of aryl methyl sites for hydroxylation is 1. The molecule has 0 unspecified atom stereocenters. The predicted octanol–water partition coefficient (Wildman–Crippen LogP) is 2.00. The minimum absolute atomic E-state index is 0.0107. The largest absolute Gasteiger partial charge is 0.504 e. The summed E-state index contributed by atoms with van der Waals surface area (Å²) in [6.07, 6.45) is 1.90. The standard InChI is InChI=1S/C20H23NO6/c1-12-13-7-17(25-2)15(22)9-16(13)27-19(24)14(12)8-18(23)21-5-3-20(4-6-21)10-26-11-20/h7,9,22H,3-6,8,10-11H2,1-2H3. The molecule has 0 saturated carbocycles. The molecule has 2 fully saturated rings. The third-order valence-corrected chi connectivity index (χ3v) is 5.91. The van der Waals surface area contributed by atoms with E-state index in [1.165, 1.54) is 13.2 Å². The molecule has 2 saturated heterocycles. The average Bonchev–Trinajstić information content (AvgIpc) is 2.63. The zero-order valence-electron chi connectivity index (χ0n) is 15.5. The van der Waals surface area contributed by atoms with E-state index in [2.05, 4.69) is 0 Å². The lowest BCUT2D eigenvalue weighted by atomic mass is 9.77. The Kier molecular flexibility index (Phi) is 4.34. The van der Waals surface area contributed by atoms with Crippen LogP contribution in [0.1, 0.15) is 24.0 Å². The number of likely N-dealkylation sites (tertiary alicyclic amines) is 1. The molecule has 2 aliphatic rings. The molecule has 2 aromatic rings. The summed E-state index contributed by atoms with van der Waals surface area (Å²) in [4.78, 5) is 27.0. The van der Waals surface area contributed by atoms with Crippen molar-refractivity contribution < 1.29 is 23.8 Å². The highest BCUT2D eigenvalue weighted by Crippen LogP contribution is 2.38. The molecule has 7 heteroatoms. The van der Waals surface area contributed by atoms with Crippen molar-refractivity contribution in [3.8, 4) is 11.5 Å². The van der Waals surface area contributed by atoms with Crippen LogP contribution in [-0.4, -0.2) is 49.3 Å². The van der Waals surface area contributed by atoms with Gasteiger partial charge in [-0.1, -0.05) is 0 Å². The van der Waals surface area contributed by atoms with Gasteiger partial charge in [0, 0.05) is 30.0 Å². The molecule has 1 aromatic heterocycles. The number of methoxy groups -OCH3 is 1. The molecule has 0 aliphatic carbocycles. The normalized spacial score (nSPS) is 18.5. The van der Waals surface area contributed by atoms with Gasteiger partial charge in [0.05, 0.1) is 32.3 Å². The lowest BCUT2D eigenvalue weighted by Crippen LogP contribution is -2.52. The number of hydrogen-bond acceptors (Lipinski definition) is 6. The zero-order valence-corrected chi connectivity index (χ0v) is 15.5. The number of ether oxygens (including phenoxy) is 2. The maximum atomic E-state index is 12.8. The molecule has 0 bridgehead atoms. The van der Waals surface area contributed by atoms with Crippen LogP contribution in [0, 0.1) is 12.3 Å². The van der Waals surface area contributed by atoms with Crippen molar-refractivity contribution in [3.05, 3.63) is 33.7 Å². The molecule has 0 atom stereocenters. The van der Waals surface area contributed by atoms with Crippen LogP contribution in [0.2, 0.25) is 0 Å². The Balaban J connectivity index is 1.58. The van der Waals surface area contributed by atoms with Crippen molar-refractivity contribution in [2.45, 2.75) is 26.2 Å². The van der Waals surface area contributed by atoms with E-state index in [0.717, 1.165) is 26.1 Å². The number of phenols is 1. The van der Waals surface area contributed by atoms with Gasteiger partial charge in [-0.2, -0.15) is 0 Å². The van der Waals surface area contributed by atoms with Crippen molar-refractivity contribution in [3.63, 3.8) is 0 Å². The summed E-state index contributed by atoms with van der Waals surface area (Å²) in [6.45, 7) is 4.76. The molecule has 27 heavy (non-hydrogen) atoms. The topological polar surface area (TPSA) is 89.2 Å². The Morgan fingerprint density at radius 2 is 2.00 bits per heavy atom. The summed E-state index contributed by atoms with van der Waals surface area (Å²) in [5.74, 6) is 0.130. The molecule has 2 aliphatic heterocycles. The zero-order chi connectivity index (χ0) is 19.2. The van der Waals surface area contributed by atoms with E-state index in [9.17, 15) is 14.7 Å². The molecule has 0 radical (unpaired) electrons. The Morgan fingerprint density at radius 1 is 1.30 bits per heavy atom. The van der Waals surface area contributed by atoms with Crippen LogP contribution >= 0.6 is 0 Å². The first-order valence-electron chi connectivity index (χ1n) is 9.11. The highest BCUT2D eigenvalue weighted by atomic mass is 16.5. The van der Waals surface area contributed by atoms with E-state index in [4.69, 9.17) is 13.9 Å². The third-order valence-electron chi connectivity index (χ3n) is 5.91. The molecule has 1 N–H and O–H groups in total. The number of benzene rings is 1. The first-order chi connectivity index (χ1) is 12.9. The molecule has 7 nitrogen and oxygen atoms in total. The van der Waals surface area contributed by atoms with Gasteiger partial charge in [-0.05, 0) is 31.4 Å². The van der Waals surface area contributed by atoms with E-state index >= 15 is 0 Å². The number of piperidine rings is 1. The molecular weight excluding hydrogens is 350 g/mol. The van der Waals surface area contributed by atoms with Crippen LogP contribution in [0.15, 0.2) is 21.3 Å². The summed E-state index contributed by atoms with van der Waals surface area (Å²) in [5.41, 5.74) is 1.02. The number of carbonyl (C=O) groups excluding carboxylic acids is 1. The molecule has 3 heterocycles. The van der Waals surface area contributed by atoms with Gasteiger partial charge in [0.25, 0.3) is 0 Å². The fourth-order valence-corrected chi connectivity index (χ4v) is 3.94. The minimum Gasteiger partial charge on any atom is -0.504 e. The highest BCUT2D eigenvalue weighted by Gasteiger charge is 2.42. The molecule has 1 aromatic carbocycles. The lowest BCUT2D eigenvalue weighted by molar-refractivity contribution is -0.152. The van der Waals surface area contributed by atoms with E-state index in [-0.39, 0.29) is 29.1 Å². The minimum atomic E-state index is -0.543. The van der Waals surface area contributed by atoms with Gasteiger partial charge in [-0.25, -0.2) is 4.79 Å². The fourth-order valence-electron chi connectivity index (χ4n) is 3.94. The van der Waals surface area contributed by atoms with Gasteiger partial charge < -0.3 is 23.9 Å². The number of amides is 1. The summed E-state index contributed by atoms with van der Waals surface area (Å²) >= 11 is 0. The van der Waals surface area contributed by atoms with Gasteiger partial charge in [0.1, 0.15) is 5.58 Å². The van der Waals surface area contributed by atoms with Crippen molar-refractivity contribution in [1.29, 1.82) is 0 Å². The van der Waals surface area contributed by atoms with Gasteiger partial charge >= 0.3 is 5.63 Å². The van der Waals surface area contributed by atoms with Gasteiger partial charge in [0.15, 0.2) is 11.5 Å². The van der Waals surface area contributed by atoms with Gasteiger partial charge in [-0.15, -0.1) is 0 Å². The van der Waals surface area contributed by atoms with Crippen molar-refractivity contribution in [1.82, 2.24) is 4.90 Å². The summed E-state index contributed by atoms with van der Waals surface area (Å²) in [6, 6.07) is 2.98. The predicted molar refractivity (Wildman–Crippen MR) is 98.2 cm³/mol. The lowest BCUT2D eigenvalue weighted by Gasteiger charge is -2.47. The first-order valence-corrected chi connectivity index (χ1v) is 9.11. The molecule has 1 amide bonds. The summed E-state index contributed by atoms with van der Waals surface area (Å²) in [7, 11) is 1.45. The van der Waals surface area contributed by atoms with E-state index < -0.39 is 5.63 Å². The van der Waals surface area contributed by atoms with Crippen molar-refractivity contribution >= 4 is 16.9 Å². The molecule has 4 rings (SSSR count). The number of nitrogens with zero attached hydrogens (tertiary/aromatic N) is 1. The molecule has 144 valence electrons. The Hall–Kier alpha value is -2.54. The van der Waals surface area contributed by atoms with Crippen LogP contribution in [0.25, 0.3) is 11.0 Å². The van der Waals surface area contributed by atoms with Gasteiger partial charge in [-0.3, -0.25) is 4.79 Å². The number of rotatable bonds is 3. The third kappa shape index (κ3) is 3.06. The van der Waals surface area contributed by atoms with Crippen LogP contribution < -0.4 is 10.4 Å². The number of fused-ring (bicyclic) bond motifs is 1. The average molecular weight is 373 g/mol. The number of phenolic OH excluding ortho intramolecular Hbond substituents is 1. The van der Waals surface area contributed by atoms with E-state index in [1.807, 2.05) is 4.90 Å². The van der Waals surface area contributed by atoms with Crippen molar-refractivity contribution in [2.75, 3.05) is 33.4 Å². The first kappa shape index (κ1) is 17.9. The quantitative estimate of drug-likeness (QED) is 0.828. The van der Waals surface area contributed by atoms with Crippen LogP contribution in [0.3, 0.4) is 0 Å².